The molecule has 0 radical (unpaired) electrons. The lowest BCUT2D eigenvalue weighted by Gasteiger charge is -2.30. The highest BCUT2D eigenvalue weighted by molar-refractivity contribution is 7.98. The van der Waals surface area contributed by atoms with Gasteiger partial charge in [-0.15, -0.1) is 0 Å². The monoisotopic (exact) mass is 280 g/mol. The minimum atomic E-state index is 0.613. The molecule has 0 saturated heterocycles. The summed E-state index contributed by atoms with van der Waals surface area (Å²) in [6.45, 7) is 6.52. The molecule has 1 atom stereocenters. The Bertz CT molecular complexity index is 354. The molecule has 1 aromatic carbocycles. The van der Waals surface area contributed by atoms with Crippen LogP contribution in [0.1, 0.15) is 32.3 Å². The Labute approximate surface area is 123 Å². The molecule has 3 heteroatoms. The molecule has 0 fully saturated rings. The predicted molar refractivity (Wildman–Crippen MR) is 89.3 cm³/mol. The van der Waals surface area contributed by atoms with Crippen molar-refractivity contribution in [3.05, 3.63) is 29.8 Å². The highest BCUT2D eigenvalue weighted by Crippen LogP contribution is 2.23. The quantitative estimate of drug-likeness (QED) is 0.693. The van der Waals surface area contributed by atoms with Crippen molar-refractivity contribution >= 4 is 17.4 Å². The van der Waals surface area contributed by atoms with E-state index in [0.717, 1.165) is 13.1 Å². The summed E-state index contributed by atoms with van der Waals surface area (Å²) >= 11 is 1.93. The topological polar surface area (TPSA) is 15.3 Å². The third-order valence-electron chi connectivity index (χ3n) is 3.49. The van der Waals surface area contributed by atoms with E-state index in [2.05, 4.69) is 61.6 Å². The lowest BCUT2D eigenvalue weighted by atomic mass is 10.1. The van der Waals surface area contributed by atoms with E-state index in [4.69, 9.17) is 0 Å². The fourth-order valence-corrected chi connectivity index (χ4v) is 3.14. The van der Waals surface area contributed by atoms with Gasteiger partial charge in [-0.05, 0) is 37.3 Å². The molecule has 1 unspecified atom stereocenters. The zero-order chi connectivity index (χ0) is 14.1. The molecular formula is C16H28N2S. The maximum atomic E-state index is 3.50. The summed E-state index contributed by atoms with van der Waals surface area (Å²) < 4.78 is 0. The molecule has 108 valence electrons. The normalized spacial score (nSPS) is 12.4. The second-order valence-electron chi connectivity index (χ2n) is 4.93. The summed E-state index contributed by atoms with van der Waals surface area (Å²) in [6, 6.07) is 9.37. The SMILES string of the molecule is CCCNCc1ccccc1N(C)C(CC)CSC. The zero-order valence-electron chi connectivity index (χ0n) is 12.8. The summed E-state index contributed by atoms with van der Waals surface area (Å²) in [5.41, 5.74) is 2.77. The Kier molecular flexibility index (Phi) is 7.99. The highest BCUT2D eigenvalue weighted by Gasteiger charge is 2.15. The lowest BCUT2D eigenvalue weighted by molar-refractivity contribution is 0.652. The fourth-order valence-electron chi connectivity index (χ4n) is 2.30. The standard InChI is InChI=1S/C16H28N2S/c1-5-11-17-12-14-9-7-8-10-16(14)18(3)15(6-2)13-19-4/h7-10,15,17H,5-6,11-13H2,1-4H3. The molecule has 0 amide bonds. The summed E-state index contributed by atoms with van der Waals surface area (Å²) in [4.78, 5) is 2.44. The molecule has 0 spiro atoms. The van der Waals surface area contributed by atoms with Crippen LogP contribution in [0.2, 0.25) is 0 Å². The number of rotatable bonds is 9. The number of nitrogens with one attached hydrogen (secondary N) is 1. The Morgan fingerprint density at radius 1 is 1.26 bits per heavy atom. The first-order valence-electron chi connectivity index (χ1n) is 7.24. The maximum absolute atomic E-state index is 3.50. The molecule has 2 nitrogen and oxygen atoms in total. The second kappa shape index (κ2) is 9.27. The van der Waals surface area contributed by atoms with E-state index in [-0.39, 0.29) is 0 Å². The number of benzene rings is 1. The van der Waals surface area contributed by atoms with Gasteiger partial charge in [0.25, 0.3) is 0 Å². The van der Waals surface area contributed by atoms with Crippen LogP contribution in [0.25, 0.3) is 0 Å². The van der Waals surface area contributed by atoms with Crippen LogP contribution in [0.3, 0.4) is 0 Å². The molecule has 19 heavy (non-hydrogen) atoms. The van der Waals surface area contributed by atoms with Crippen molar-refractivity contribution in [1.82, 2.24) is 5.32 Å². The second-order valence-corrected chi connectivity index (χ2v) is 5.84. The highest BCUT2D eigenvalue weighted by atomic mass is 32.2. The molecule has 0 aromatic heterocycles. The molecule has 1 N–H and O–H groups in total. The van der Waals surface area contributed by atoms with Crippen LogP contribution in [-0.4, -0.2) is 31.6 Å². The van der Waals surface area contributed by atoms with Crippen LogP contribution in [0.5, 0.6) is 0 Å². The van der Waals surface area contributed by atoms with Gasteiger partial charge in [0.1, 0.15) is 0 Å². The van der Waals surface area contributed by atoms with Crippen molar-refractivity contribution in [2.24, 2.45) is 0 Å². The van der Waals surface area contributed by atoms with Gasteiger partial charge in [0.2, 0.25) is 0 Å². The molecule has 0 bridgehead atoms. The van der Waals surface area contributed by atoms with Crippen molar-refractivity contribution in [2.75, 3.05) is 30.5 Å². The van der Waals surface area contributed by atoms with Crippen LogP contribution < -0.4 is 10.2 Å². The van der Waals surface area contributed by atoms with Gasteiger partial charge in [0, 0.05) is 31.1 Å². The van der Waals surface area contributed by atoms with Crippen molar-refractivity contribution < 1.29 is 0 Å². The van der Waals surface area contributed by atoms with E-state index in [1.54, 1.807) is 0 Å². The van der Waals surface area contributed by atoms with Crippen molar-refractivity contribution in [1.29, 1.82) is 0 Å². The van der Waals surface area contributed by atoms with Crippen LogP contribution in [-0.2, 0) is 6.54 Å². The van der Waals surface area contributed by atoms with E-state index < -0.39 is 0 Å². The molecular weight excluding hydrogens is 252 g/mol. The molecule has 1 rings (SSSR count). The van der Waals surface area contributed by atoms with Crippen LogP contribution in [0, 0.1) is 0 Å². The predicted octanol–water partition coefficient (Wildman–Crippen LogP) is 3.76. The third-order valence-corrected chi connectivity index (χ3v) is 4.21. The van der Waals surface area contributed by atoms with E-state index in [1.807, 2.05) is 11.8 Å². The fraction of sp³-hybridized carbons (Fsp3) is 0.625. The Morgan fingerprint density at radius 2 is 2.00 bits per heavy atom. The van der Waals surface area contributed by atoms with E-state index in [9.17, 15) is 0 Å². The summed E-state index contributed by atoms with van der Waals surface area (Å²) in [5.74, 6) is 1.18. The minimum Gasteiger partial charge on any atom is -0.371 e. The number of hydrogen-bond acceptors (Lipinski definition) is 3. The lowest BCUT2D eigenvalue weighted by Crippen LogP contribution is -2.34. The smallest absolute Gasteiger partial charge is 0.0412 e. The first kappa shape index (κ1) is 16.4. The van der Waals surface area contributed by atoms with Crippen LogP contribution in [0.15, 0.2) is 24.3 Å². The number of nitrogens with zero attached hydrogens (tertiary/aromatic N) is 1. The summed E-state index contributed by atoms with van der Waals surface area (Å²) in [5, 5.41) is 3.50. The maximum Gasteiger partial charge on any atom is 0.0412 e. The summed E-state index contributed by atoms with van der Waals surface area (Å²) in [7, 11) is 2.23. The Hall–Kier alpha value is -0.670. The van der Waals surface area contributed by atoms with Crippen molar-refractivity contribution in [2.45, 2.75) is 39.3 Å². The number of hydrogen-bond donors (Lipinski definition) is 1. The average Bonchev–Trinajstić information content (AvgIpc) is 2.45. The van der Waals surface area contributed by atoms with Crippen molar-refractivity contribution in [3.63, 3.8) is 0 Å². The Balaban J connectivity index is 2.79. The summed E-state index contributed by atoms with van der Waals surface area (Å²) in [6.07, 6.45) is 4.56. The third kappa shape index (κ3) is 5.07. The van der Waals surface area contributed by atoms with E-state index in [0.29, 0.717) is 6.04 Å². The average molecular weight is 280 g/mol. The van der Waals surface area contributed by atoms with Crippen molar-refractivity contribution in [3.8, 4) is 0 Å². The zero-order valence-corrected chi connectivity index (χ0v) is 13.6. The Morgan fingerprint density at radius 3 is 2.63 bits per heavy atom. The molecule has 0 aliphatic heterocycles. The molecule has 0 heterocycles. The number of para-hydroxylation sites is 1. The van der Waals surface area contributed by atoms with Gasteiger partial charge in [-0.2, -0.15) is 11.8 Å². The van der Waals surface area contributed by atoms with Gasteiger partial charge in [0.15, 0.2) is 0 Å². The van der Waals surface area contributed by atoms with Gasteiger partial charge in [-0.25, -0.2) is 0 Å². The van der Waals surface area contributed by atoms with Gasteiger partial charge >= 0.3 is 0 Å². The molecule has 1 aromatic rings. The molecule has 0 aliphatic carbocycles. The first-order valence-corrected chi connectivity index (χ1v) is 8.64. The van der Waals surface area contributed by atoms with Gasteiger partial charge < -0.3 is 10.2 Å². The van der Waals surface area contributed by atoms with Gasteiger partial charge in [0.05, 0.1) is 0 Å². The van der Waals surface area contributed by atoms with Crippen LogP contribution >= 0.6 is 11.8 Å². The number of thioether (sulfide) groups is 1. The molecule has 0 saturated carbocycles. The van der Waals surface area contributed by atoms with E-state index >= 15 is 0 Å². The van der Waals surface area contributed by atoms with Gasteiger partial charge in [-0.3, -0.25) is 0 Å². The minimum absolute atomic E-state index is 0.613. The first-order chi connectivity index (χ1) is 9.24. The largest absolute Gasteiger partial charge is 0.371 e. The van der Waals surface area contributed by atoms with Crippen LogP contribution in [0.4, 0.5) is 5.69 Å². The van der Waals surface area contributed by atoms with Gasteiger partial charge in [-0.1, -0.05) is 32.0 Å². The molecule has 0 aliphatic rings. The van der Waals surface area contributed by atoms with E-state index in [1.165, 1.54) is 29.8 Å². The number of anilines is 1.